The molecule has 0 saturated heterocycles. The predicted molar refractivity (Wildman–Crippen MR) is 148 cm³/mol. The maximum Gasteiger partial charge on any atom is 0.254 e. The second-order valence-corrected chi connectivity index (χ2v) is 9.57. The highest BCUT2D eigenvalue weighted by Crippen LogP contribution is 2.17. The first-order valence-electron chi connectivity index (χ1n) is 13.9. The van der Waals surface area contributed by atoms with Gasteiger partial charge in [0.2, 0.25) is 0 Å². The molecule has 0 saturated carbocycles. The van der Waals surface area contributed by atoms with Crippen LogP contribution in [0.1, 0.15) is 94.1 Å². The molecule has 2 aromatic carbocycles. The van der Waals surface area contributed by atoms with Gasteiger partial charge in [-0.2, -0.15) is 0 Å². The number of hydrogen-bond acceptors (Lipinski definition) is 3. The van der Waals surface area contributed by atoms with Gasteiger partial charge >= 0.3 is 0 Å². The summed E-state index contributed by atoms with van der Waals surface area (Å²) < 4.78 is 5.82. The Hall–Kier alpha value is -2.33. The lowest BCUT2D eigenvalue weighted by atomic mass is 10.1. The van der Waals surface area contributed by atoms with Gasteiger partial charge in [0.15, 0.2) is 0 Å². The van der Waals surface area contributed by atoms with Crippen LogP contribution in [-0.2, 0) is 13.0 Å². The molecule has 0 fully saturated rings. The van der Waals surface area contributed by atoms with Crippen LogP contribution in [0.25, 0.3) is 0 Å². The van der Waals surface area contributed by atoms with Gasteiger partial charge in [-0.1, -0.05) is 77.6 Å². The lowest BCUT2D eigenvalue weighted by Crippen LogP contribution is -2.39. The Kier molecular flexibility index (Phi) is 14.2. The van der Waals surface area contributed by atoms with Gasteiger partial charge in [0.25, 0.3) is 5.91 Å². The van der Waals surface area contributed by atoms with Crippen LogP contribution in [0.4, 0.5) is 0 Å². The summed E-state index contributed by atoms with van der Waals surface area (Å²) in [6.45, 7) is 14.1. The SMILES string of the molecule is CCCCOc1ccc(CN(CCN(CCCC)CCCC)C(=O)c2ccc(CCC)cc2)cc1. The van der Waals surface area contributed by atoms with E-state index in [0.717, 1.165) is 75.3 Å². The summed E-state index contributed by atoms with van der Waals surface area (Å²) in [5, 5.41) is 0. The number of nitrogens with zero attached hydrogens (tertiary/aromatic N) is 2. The van der Waals surface area contributed by atoms with Crippen molar-refractivity contribution < 1.29 is 9.53 Å². The fourth-order valence-corrected chi connectivity index (χ4v) is 4.14. The molecule has 35 heavy (non-hydrogen) atoms. The fraction of sp³-hybridized carbons (Fsp3) is 0.581. The van der Waals surface area contributed by atoms with Crippen LogP contribution < -0.4 is 4.74 Å². The number of rotatable bonds is 18. The van der Waals surface area contributed by atoms with Crippen molar-refractivity contribution in [2.24, 2.45) is 0 Å². The van der Waals surface area contributed by atoms with Crippen molar-refractivity contribution in [2.45, 2.75) is 85.6 Å². The molecule has 1 amide bonds. The average molecular weight is 481 g/mol. The predicted octanol–water partition coefficient (Wildman–Crippen LogP) is 7.36. The quantitative estimate of drug-likeness (QED) is 0.209. The number of ether oxygens (including phenoxy) is 1. The Labute approximate surface area is 214 Å². The summed E-state index contributed by atoms with van der Waals surface area (Å²) in [5.41, 5.74) is 3.20. The standard InChI is InChI=1S/C31H48N2O2/c1-5-9-21-32(22-10-6-2)23-24-33(31(34)29-17-13-27(12-8-4)14-18-29)26-28-15-19-30(20-16-28)35-25-11-7-3/h13-20H,5-12,21-26H2,1-4H3. The third-order valence-electron chi connectivity index (χ3n) is 6.43. The van der Waals surface area contributed by atoms with Crippen LogP contribution in [0, 0.1) is 0 Å². The summed E-state index contributed by atoms with van der Waals surface area (Å²) in [4.78, 5) is 18.1. The van der Waals surface area contributed by atoms with Gasteiger partial charge in [0.05, 0.1) is 6.61 Å². The summed E-state index contributed by atoms with van der Waals surface area (Å²) in [6.07, 6.45) is 9.16. The van der Waals surface area contributed by atoms with Crippen molar-refractivity contribution in [1.29, 1.82) is 0 Å². The maximum atomic E-state index is 13.6. The van der Waals surface area contributed by atoms with Crippen LogP contribution in [0.2, 0.25) is 0 Å². The second kappa shape index (κ2) is 17.2. The molecule has 0 atom stereocenters. The third-order valence-corrected chi connectivity index (χ3v) is 6.43. The first-order chi connectivity index (χ1) is 17.1. The molecule has 2 aromatic rings. The Morgan fingerprint density at radius 2 is 1.29 bits per heavy atom. The van der Waals surface area contributed by atoms with Crippen LogP contribution in [0.5, 0.6) is 5.75 Å². The van der Waals surface area contributed by atoms with E-state index in [0.29, 0.717) is 6.54 Å². The van der Waals surface area contributed by atoms with Crippen LogP contribution in [-0.4, -0.2) is 48.5 Å². The molecule has 194 valence electrons. The molecule has 4 nitrogen and oxygen atoms in total. The number of hydrogen-bond donors (Lipinski definition) is 0. The minimum atomic E-state index is 0.113. The molecule has 0 aliphatic heterocycles. The smallest absolute Gasteiger partial charge is 0.254 e. The van der Waals surface area contributed by atoms with E-state index < -0.39 is 0 Å². The number of carbonyl (C=O) groups is 1. The number of amides is 1. The first-order valence-corrected chi connectivity index (χ1v) is 13.9. The van der Waals surface area contributed by atoms with E-state index in [2.05, 4.69) is 56.9 Å². The second-order valence-electron chi connectivity index (χ2n) is 9.57. The molecule has 0 aromatic heterocycles. The lowest BCUT2D eigenvalue weighted by molar-refractivity contribution is 0.0720. The van der Waals surface area contributed by atoms with Gasteiger partial charge in [-0.05, 0) is 74.2 Å². The highest BCUT2D eigenvalue weighted by Gasteiger charge is 2.18. The fourth-order valence-electron chi connectivity index (χ4n) is 4.14. The Balaban J connectivity index is 2.13. The summed E-state index contributed by atoms with van der Waals surface area (Å²) in [6, 6.07) is 16.5. The van der Waals surface area contributed by atoms with Gasteiger partial charge < -0.3 is 14.5 Å². The van der Waals surface area contributed by atoms with Crippen LogP contribution >= 0.6 is 0 Å². The van der Waals surface area contributed by atoms with Crippen molar-refractivity contribution >= 4 is 5.91 Å². The van der Waals surface area contributed by atoms with Crippen LogP contribution in [0.3, 0.4) is 0 Å². The van der Waals surface area contributed by atoms with E-state index in [1.54, 1.807) is 0 Å². The maximum absolute atomic E-state index is 13.6. The van der Waals surface area contributed by atoms with Crippen molar-refractivity contribution in [3.05, 3.63) is 65.2 Å². The molecule has 0 unspecified atom stereocenters. The summed E-state index contributed by atoms with van der Waals surface area (Å²) >= 11 is 0. The molecule has 0 aliphatic carbocycles. The average Bonchev–Trinajstić information content (AvgIpc) is 2.88. The molecule has 0 bridgehead atoms. The van der Waals surface area contributed by atoms with Crippen molar-refractivity contribution in [1.82, 2.24) is 9.80 Å². The molecular formula is C31H48N2O2. The number of benzene rings is 2. The highest BCUT2D eigenvalue weighted by atomic mass is 16.5. The molecular weight excluding hydrogens is 432 g/mol. The number of carbonyl (C=O) groups excluding carboxylic acids is 1. The number of unbranched alkanes of at least 4 members (excludes halogenated alkanes) is 3. The van der Waals surface area contributed by atoms with Crippen molar-refractivity contribution in [3.63, 3.8) is 0 Å². The van der Waals surface area contributed by atoms with E-state index in [4.69, 9.17) is 4.74 Å². The van der Waals surface area contributed by atoms with E-state index in [9.17, 15) is 4.79 Å². The molecule has 0 spiro atoms. The minimum Gasteiger partial charge on any atom is -0.494 e. The van der Waals surface area contributed by atoms with E-state index in [1.807, 2.05) is 29.2 Å². The largest absolute Gasteiger partial charge is 0.494 e. The zero-order valence-electron chi connectivity index (χ0n) is 22.7. The Morgan fingerprint density at radius 1 is 0.686 bits per heavy atom. The van der Waals surface area contributed by atoms with E-state index in [-0.39, 0.29) is 5.91 Å². The van der Waals surface area contributed by atoms with Gasteiger partial charge in [0.1, 0.15) is 5.75 Å². The van der Waals surface area contributed by atoms with Gasteiger partial charge in [-0.25, -0.2) is 0 Å². The Morgan fingerprint density at radius 3 is 1.86 bits per heavy atom. The monoisotopic (exact) mass is 480 g/mol. The third kappa shape index (κ3) is 10.9. The van der Waals surface area contributed by atoms with E-state index >= 15 is 0 Å². The molecule has 0 heterocycles. The number of aryl methyl sites for hydroxylation is 1. The van der Waals surface area contributed by atoms with Gasteiger partial charge in [-0.3, -0.25) is 4.79 Å². The molecule has 2 rings (SSSR count). The van der Waals surface area contributed by atoms with Crippen molar-refractivity contribution in [3.8, 4) is 5.75 Å². The Bertz CT molecular complexity index is 809. The normalized spacial score (nSPS) is 11.1. The minimum absolute atomic E-state index is 0.113. The van der Waals surface area contributed by atoms with E-state index in [1.165, 1.54) is 31.2 Å². The van der Waals surface area contributed by atoms with Crippen LogP contribution in [0.15, 0.2) is 48.5 Å². The van der Waals surface area contributed by atoms with Gasteiger partial charge in [-0.15, -0.1) is 0 Å². The topological polar surface area (TPSA) is 32.8 Å². The summed E-state index contributed by atoms with van der Waals surface area (Å²) in [5.74, 6) is 1.01. The molecule has 0 N–H and O–H groups in total. The van der Waals surface area contributed by atoms with Gasteiger partial charge in [0, 0.05) is 25.2 Å². The van der Waals surface area contributed by atoms with Crippen molar-refractivity contribution in [2.75, 3.05) is 32.8 Å². The molecule has 4 heteroatoms. The zero-order valence-corrected chi connectivity index (χ0v) is 22.7. The zero-order chi connectivity index (χ0) is 25.3. The first kappa shape index (κ1) is 28.9. The lowest BCUT2D eigenvalue weighted by Gasteiger charge is -2.28. The molecule has 0 radical (unpaired) electrons. The summed E-state index contributed by atoms with van der Waals surface area (Å²) in [7, 11) is 0. The highest BCUT2D eigenvalue weighted by molar-refractivity contribution is 5.94. The molecule has 0 aliphatic rings.